The van der Waals surface area contributed by atoms with E-state index in [0.29, 0.717) is 19.0 Å². The molecule has 3 N–H and O–H groups in total. The van der Waals surface area contributed by atoms with Crippen LogP contribution in [0.1, 0.15) is 20.3 Å². The van der Waals surface area contributed by atoms with Crippen LogP contribution in [0.25, 0.3) is 0 Å². The maximum absolute atomic E-state index is 11.1. The van der Waals surface area contributed by atoms with Crippen molar-refractivity contribution in [1.82, 2.24) is 5.32 Å². The smallest absolute Gasteiger partial charge is 0.188 e. The van der Waals surface area contributed by atoms with Crippen LogP contribution in [0, 0.1) is 0 Å². The average Bonchev–Trinajstić information content (AvgIpc) is 2.14. The lowest BCUT2D eigenvalue weighted by Crippen LogP contribution is -2.35. The summed E-state index contributed by atoms with van der Waals surface area (Å²) in [5, 5.41) is 2.76. The van der Waals surface area contributed by atoms with Crippen LogP contribution in [-0.2, 0) is 9.84 Å². The van der Waals surface area contributed by atoms with Crippen LogP contribution in [0.2, 0.25) is 0 Å². The second-order valence-corrected chi connectivity index (χ2v) is 5.40. The number of nitrogens with one attached hydrogen (secondary N) is 1. The molecular formula is C8H19N3O2S. The van der Waals surface area contributed by atoms with Crippen LogP contribution < -0.4 is 11.1 Å². The molecule has 0 rings (SSSR count). The lowest BCUT2D eigenvalue weighted by atomic mass is 10.5. The van der Waals surface area contributed by atoms with E-state index in [-0.39, 0.29) is 11.5 Å². The van der Waals surface area contributed by atoms with Gasteiger partial charge in [0, 0.05) is 18.8 Å². The van der Waals surface area contributed by atoms with Crippen molar-refractivity contribution in [2.75, 3.05) is 24.6 Å². The average molecular weight is 221 g/mol. The Balaban J connectivity index is 3.74. The second-order valence-electron chi connectivity index (χ2n) is 2.93. The fourth-order valence-corrected chi connectivity index (χ4v) is 1.47. The van der Waals surface area contributed by atoms with Gasteiger partial charge in [0.15, 0.2) is 15.8 Å². The first-order valence-electron chi connectivity index (χ1n) is 4.76. The molecule has 0 spiro atoms. The summed E-state index contributed by atoms with van der Waals surface area (Å²) in [4.78, 5) is 3.98. The summed E-state index contributed by atoms with van der Waals surface area (Å²) in [6.45, 7) is 4.62. The molecule has 0 unspecified atom stereocenters. The summed E-state index contributed by atoms with van der Waals surface area (Å²) < 4.78 is 22.1. The molecule has 5 nitrogen and oxygen atoms in total. The van der Waals surface area contributed by atoms with Crippen molar-refractivity contribution in [2.45, 2.75) is 20.3 Å². The van der Waals surface area contributed by atoms with E-state index in [2.05, 4.69) is 10.3 Å². The van der Waals surface area contributed by atoms with E-state index in [4.69, 9.17) is 5.73 Å². The third-order valence-electron chi connectivity index (χ3n) is 1.66. The van der Waals surface area contributed by atoms with E-state index < -0.39 is 9.84 Å². The highest BCUT2D eigenvalue weighted by Crippen LogP contribution is 1.86. The second kappa shape index (κ2) is 6.64. The Morgan fingerprint density at radius 2 is 2.07 bits per heavy atom. The molecule has 0 saturated carbocycles. The fourth-order valence-electron chi connectivity index (χ4n) is 0.767. The van der Waals surface area contributed by atoms with Crippen molar-refractivity contribution >= 4 is 15.8 Å². The normalized spacial score (nSPS) is 12.9. The minimum absolute atomic E-state index is 0.103. The third kappa shape index (κ3) is 6.71. The van der Waals surface area contributed by atoms with Gasteiger partial charge in [-0.1, -0.05) is 13.8 Å². The highest BCUT2D eigenvalue weighted by molar-refractivity contribution is 7.91. The van der Waals surface area contributed by atoms with Crippen LogP contribution in [0.3, 0.4) is 0 Å². The topological polar surface area (TPSA) is 84.5 Å². The van der Waals surface area contributed by atoms with Gasteiger partial charge in [-0.2, -0.15) is 0 Å². The summed E-state index contributed by atoms with van der Waals surface area (Å²) in [7, 11) is -2.91. The predicted octanol–water partition coefficient (Wildman–Crippen LogP) is -0.265. The first-order valence-corrected chi connectivity index (χ1v) is 6.58. The lowest BCUT2D eigenvalue weighted by Gasteiger charge is -2.04. The van der Waals surface area contributed by atoms with Gasteiger partial charge in [0.25, 0.3) is 0 Å². The molecule has 0 aliphatic heterocycles. The van der Waals surface area contributed by atoms with Gasteiger partial charge in [-0.25, -0.2) is 8.42 Å². The van der Waals surface area contributed by atoms with Crippen molar-refractivity contribution < 1.29 is 8.42 Å². The number of aliphatic imine (C=N–C) groups is 1. The Labute approximate surface area is 85.7 Å². The molecule has 0 bridgehead atoms. The SMILES string of the molecule is CCCN=C(N)NCCS(=O)(=O)CC. The minimum atomic E-state index is -2.91. The number of nitrogens with zero attached hydrogens (tertiary/aromatic N) is 1. The summed E-state index contributed by atoms with van der Waals surface area (Å²) >= 11 is 0. The molecule has 0 amide bonds. The molecule has 84 valence electrons. The van der Waals surface area contributed by atoms with Crippen LogP contribution >= 0.6 is 0 Å². The van der Waals surface area contributed by atoms with E-state index in [1.807, 2.05) is 6.92 Å². The standard InChI is InChI=1S/C8H19N3O2S/c1-3-5-10-8(9)11-6-7-14(12,13)4-2/h3-7H2,1-2H3,(H3,9,10,11). The van der Waals surface area contributed by atoms with E-state index in [1.165, 1.54) is 0 Å². The molecule has 0 aromatic rings. The van der Waals surface area contributed by atoms with Gasteiger partial charge in [0.2, 0.25) is 0 Å². The maximum atomic E-state index is 11.1. The van der Waals surface area contributed by atoms with E-state index in [0.717, 1.165) is 6.42 Å². The number of hydrogen-bond acceptors (Lipinski definition) is 3. The number of rotatable bonds is 6. The molecule has 0 fully saturated rings. The van der Waals surface area contributed by atoms with E-state index >= 15 is 0 Å². The van der Waals surface area contributed by atoms with Crippen LogP contribution in [0.4, 0.5) is 0 Å². The molecule has 0 aromatic carbocycles. The minimum Gasteiger partial charge on any atom is -0.370 e. The Bertz CT molecular complexity index is 272. The number of sulfone groups is 1. The number of hydrogen-bond donors (Lipinski definition) is 2. The maximum Gasteiger partial charge on any atom is 0.188 e. The summed E-state index contributed by atoms with van der Waals surface area (Å²) in [5.74, 6) is 0.588. The van der Waals surface area contributed by atoms with Crippen molar-refractivity contribution in [2.24, 2.45) is 10.7 Å². The zero-order valence-electron chi connectivity index (χ0n) is 8.78. The summed E-state index contributed by atoms with van der Waals surface area (Å²) in [5.41, 5.74) is 5.47. The van der Waals surface area contributed by atoms with Crippen molar-refractivity contribution in [3.63, 3.8) is 0 Å². The number of guanidine groups is 1. The molecule has 0 atom stereocenters. The van der Waals surface area contributed by atoms with Gasteiger partial charge >= 0.3 is 0 Å². The first-order chi connectivity index (χ1) is 6.52. The van der Waals surface area contributed by atoms with Crippen molar-refractivity contribution in [1.29, 1.82) is 0 Å². The predicted molar refractivity (Wildman–Crippen MR) is 59.1 cm³/mol. The zero-order chi connectivity index (χ0) is 11.0. The van der Waals surface area contributed by atoms with Gasteiger partial charge in [-0.05, 0) is 6.42 Å². The molecular weight excluding hydrogens is 202 g/mol. The van der Waals surface area contributed by atoms with E-state index in [1.54, 1.807) is 6.92 Å². The van der Waals surface area contributed by atoms with Crippen molar-refractivity contribution in [3.05, 3.63) is 0 Å². The Hall–Kier alpha value is -0.780. The monoisotopic (exact) mass is 221 g/mol. The molecule has 6 heteroatoms. The summed E-state index contributed by atoms with van der Waals surface area (Å²) in [6.07, 6.45) is 0.926. The van der Waals surface area contributed by atoms with Crippen LogP contribution in [-0.4, -0.2) is 39.0 Å². The van der Waals surface area contributed by atoms with E-state index in [9.17, 15) is 8.42 Å². The van der Waals surface area contributed by atoms with Crippen LogP contribution in [0.15, 0.2) is 4.99 Å². The molecule has 0 heterocycles. The Morgan fingerprint density at radius 3 is 2.57 bits per heavy atom. The fraction of sp³-hybridized carbons (Fsp3) is 0.875. The number of nitrogens with two attached hydrogens (primary N) is 1. The lowest BCUT2D eigenvalue weighted by molar-refractivity contribution is 0.596. The van der Waals surface area contributed by atoms with Gasteiger partial charge in [-0.3, -0.25) is 4.99 Å². The third-order valence-corrected chi connectivity index (χ3v) is 3.37. The van der Waals surface area contributed by atoms with Gasteiger partial charge in [0.1, 0.15) is 0 Å². The van der Waals surface area contributed by atoms with Crippen molar-refractivity contribution in [3.8, 4) is 0 Å². The highest BCUT2D eigenvalue weighted by Gasteiger charge is 2.05. The Morgan fingerprint density at radius 1 is 1.43 bits per heavy atom. The van der Waals surface area contributed by atoms with Gasteiger partial charge in [0.05, 0.1) is 5.75 Å². The largest absolute Gasteiger partial charge is 0.370 e. The van der Waals surface area contributed by atoms with Crippen LogP contribution in [0.5, 0.6) is 0 Å². The quantitative estimate of drug-likeness (QED) is 0.478. The molecule has 0 saturated heterocycles. The molecule has 0 radical (unpaired) electrons. The molecule has 0 aromatic heterocycles. The first kappa shape index (κ1) is 13.2. The van der Waals surface area contributed by atoms with Gasteiger partial charge < -0.3 is 11.1 Å². The molecule has 0 aliphatic carbocycles. The molecule has 0 aliphatic rings. The Kier molecular flexibility index (Phi) is 6.27. The highest BCUT2D eigenvalue weighted by atomic mass is 32.2. The molecule has 14 heavy (non-hydrogen) atoms. The van der Waals surface area contributed by atoms with Gasteiger partial charge in [-0.15, -0.1) is 0 Å². The zero-order valence-corrected chi connectivity index (χ0v) is 9.60. The summed E-state index contributed by atoms with van der Waals surface area (Å²) in [6, 6.07) is 0.